The fourth-order valence-electron chi connectivity index (χ4n) is 6.16. The highest BCUT2D eigenvalue weighted by molar-refractivity contribution is 6.42. The number of halogens is 2. The summed E-state index contributed by atoms with van der Waals surface area (Å²) in [6, 6.07) is 4.18. The van der Waals surface area contributed by atoms with E-state index in [-0.39, 0.29) is 23.8 Å². The lowest BCUT2D eigenvalue weighted by Gasteiger charge is -2.34. The van der Waals surface area contributed by atoms with E-state index in [1.54, 1.807) is 23.1 Å². The standard InChI is InChI=1S/C26H31Cl2N3O4/c1-2-3-13-31-22(24(33)29-15-7-5-4-6-8-15)26-12-11-19(35-26)20(21(26)25(31)34)23(32)30-16-9-10-17(27)18(28)14-16/h9-12,14-15,19-22H,2-8,13H2,1H3,(H,29,33)(H,30,32)/t19-,20?,21-,22?,26?/m0/s1. The van der Waals surface area contributed by atoms with Gasteiger partial charge in [0.1, 0.15) is 11.6 Å². The molecular formula is C26H31Cl2N3O4. The summed E-state index contributed by atoms with van der Waals surface area (Å²) in [5.74, 6) is -2.19. The number of anilines is 1. The van der Waals surface area contributed by atoms with Crippen LogP contribution < -0.4 is 10.6 Å². The van der Waals surface area contributed by atoms with Gasteiger partial charge >= 0.3 is 0 Å². The summed E-state index contributed by atoms with van der Waals surface area (Å²) in [6.45, 7) is 2.51. The average Bonchev–Trinajstić information content (AvgIpc) is 3.48. The van der Waals surface area contributed by atoms with Crippen molar-refractivity contribution in [1.82, 2.24) is 10.2 Å². The van der Waals surface area contributed by atoms with E-state index in [0.29, 0.717) is 22.3 Å². The Labute approximate surface area is 215 Å². The number of unbranched alkanes of at least 4 members (excludes halogenated alkanes) is 1. The van der Waals surface area contributed by atoms with Crippen LogP contribution in [0.15, 0.2) is 30.4 Å². The second kappa shape index (κ2) is 9.75. The minimum atomic E-state index is -1.13. The van der Waals surface area contributed by atoms with Crippen LogP contribution in [-0.4, -0.2) is 53.0 Å². The van der Waals surface area contributed by atoms with Crippen LogP contribution in [0.25, 0.3) is 0 Å². The number of fused-ring (bicyclic) bond motifs is 1. The summed E-state index contributed by atoms with van der Waals surface area (Å²) in [4.78, 5) is 42.5. The number of nitrogens with one attached hydrogen (secondary N) is 2. The lowest BCUT2D eigenvalue weighted by molar-refractivity contribution is -0.141. The SMILES string of the molecule is CCCCN1C(=O)[C@@H]2C(C(=O)Nc3ccc(Cl)c(Cl)c3)[C@@H]3C=CC2(O3)C1C(=O)NC1CCCCC1. The van der Waals surface area contributed by atoms with Crippen LogP contribution in [0, 0.1) is 11.8 Å². The number of ether oxygens (including phenoxy) is 1. The minimum Gasteiger partial charge on any atom is -0.359 e. The first-order valence-corrected chi connectivity index (χ1v) is 13.3. The van der Waals surface area contributed by atoms with Crippen molar-refractivity contribution >= 4 is 46.6 Å². The molecule has 1 aromatic carbocycles. The summed E-state index contributed by atoms with van der Waals surface area (Å²) < 4.78 is 6.36. The lowest BCUT2D eigenvalue weighted by atomic mass is 9.74. The molecule has 9 heteroatoms. The zero-order valence-corrected chi connectivity index (χ0v) is 21.3. The van der Waals surface area contributed by atoms with E-state index in [0.717, 1.165) is 38.5 Å². The molecule has 1 aliphatic carbocycles. The first-order valence-electron chi connectivity index (χ1n) is 12.6. The lowest BCUT2D eigenvalue weighted by Crippen LogP contribution is -2.56. The van der Waals surface area contributed by atoms with Crippen LogP contribution in [0.3, 0.4) is 0 Å². The predicted molar refractivity (Wildman–Crippen MR) is 134 cm³/mol. The zero-order valence-electron chi connectivity index (χ0n) is 19.8. The third kappa shape index (κ3) is 4.25. The Morgan fingerprint density at radius 3 is 2.63 bits per heavy atom. The van der Waals surface area contributed by atoms with Crippen molar-refractivity contribution in [3.05, 3.63) is 40.4 Å². The predicted octanol–water partition coefficient (Wildman–Crippen LogP) is 4.33. The van der Waals surface area contributed by atoms with Gasteiger partial charge < -0.3 is 20.3 Å². The Bertz CT molecular complexity index is 1060. The fraction of sp³-hybridized carbons (Fsp3) is 0.577. The fourth-order valence-corrected chi connectivity index (χ4v) is 6.46. The second-order valence-corrected chi connectivity index (χ2v) is 10.9. The van der Waals surface area contributed by atoms with Crippen molar-refractivity contribution in [3.63, 3.8) is 0 Å². The van der Waals surface area contributed by atoms with Crippen LogP contribution in [-0.2, 0) is 19.1 Å². The minimum absolute atomic E-state index is 0.117. The van der Waals surface area contributed by atoms with E-state index in [1.165, 1.54) is 6.42 Å². The van der Waals surface area contributed by atoms with Crippen molar-refractivity contribution < 1.29 is 19.1 Å². The van der Waals surface area contributed by atoms with E-state index < -0.39 is 29.6 Å². The van der Waals surface area contributed by atoms with Crippen LogP contribution in [0.5, 0.6) is 0 Å². The maximum atomic E-state index is 13.8. The quantitative estimate of drug-likeness (QED) is 0.524. The van der Waals surface area contributed by atoms with Crippen LogP contribution in [0.4, 0.5) is 5.69 Å². The van der Waals surface area contributed by atoms with Crippen molar-refractivity contribution in [2.75, 3.05) is 11.9 Å². The molecule has 7 nitrogen and oxygen atoms in total. The molecule has 3 heterocycles. The Morgan fingerprint density at radius 1 is 1.14 bits per heavy atom. The van der Waals surface area contributed by atoms with E-state index in [1.807, 2.05) is 19.1 Å². The maximum absolute atomic E-state index is 13.8. The van der Waals surface area contributed by atoms with Gasteiger partial charge in [0, 0.05) is 18.3 Å². The summed E-state index contributed by atoms with van der Waals surface area (Å²) in [5.41, 5.74) is -0.640. The Hall–Kier alpha value is -2.09. The third-order valence-electron chi connectivity index (χ3n) is 7.82. The number of likely N-dealkylation sites (tertiary alicyclic amines) is 1. The molecule has 4 aliphatic rings. The number of hydrogen-bond acceptors (Lipinski definition) is 4. The number of carbonyl (C=O) groups excluding carboxylic acids is 3. The molecule has 3 amide bonds. The van der Waals surface area contributed by atoms with Crippen molar-refractivity contribution in [1.29, 1.82) is 0 Å². The van der Waals surface area contributed by atoms with Crippen molar-refractivity contribution in [3.8, 4) is 0 Å². The Balaban J connectivity index is 1.42. The number of carbonyl (C=O) groups is 3. The van der Waals surface area contributed by atoms with Gasteiger partial charge in [0.15, 0.2) is 0 Å². The number of benzene rings is 1. The molecule has 3 fully saturated rings. The maximum Gasteiger partial charge on any atom is 0.246 e. The third-order valence-corrected chi connectivity index (χ3v) is 8.56. The summed E-state index contributed by atoms with van der Waals surface area (Å²) in [7, 11) is 0. The van der Waals surface area contributed by atoms with Gasteiger partial charge in [-0.3, -0.25) is 14.4 Å². The van der Waals surface area contributed by atoms with Crippen LogP contribution in [0.1, 0.15) is 51.9 Å². The van der Waals surface area contributed by atoms with E-state index in [9.17, 15) is 14.4 Å². The molecule has 1 spiro atoms. The molecule has 5 atom stereocenters. The topological polar surface area (TPSA) is 87.7 Å². The van der Waals surface area contributed by atoms with Gasteiger partial charge in [-0.25, -0.2) is 0 Å². The molecule has 1 saturated carbocycles. The van der Waals surface area contributed by atoms with Gasteiger partial charge in [0.2, 0.25) is 17.7 Å². The Morgan fingerprint density at radius 2 is 1.91 bits per heavy atom. The summed E-state index contributed by atoms with van der Waals surface area (Å²) in [5, 5.41) is 6.78. The second-order valence-electron chi connectivity index (χ2n) is 10.0. The van der Waals surface area contributed by atoms with E-state index >= 15 is 0 Å². The number of hydrogen-bond donors (Lipinski definition) is 2. The number of nitrogens with zero attached hydrogens (tertiary/aromatic N) is 1. The monoisotopic (exact) mass is 519 g/mol. The molecule has 3 unspecified atom stereocenters. The highest BCUT2D eigenvalue weighted by atomic mass is 35.5. The molecule has 5 rings (SSSR count). The summed E-state index contributed by atoms with van der Waals surface area (Å²) in [6.07, 6.45) is 10.0. The van der Waals surface area contributed by atoms with Gasteiger partial charge in [0.05, 0.1) is 28.0 Å². The van der Waals surface area contributed by atoms with E-state index in [4.69, 9.17) is 27.9 Å². The van der Waals surface area contributed by atoms with Crippen LogP contribution >= 0.6 is 23.2 Å². The van der Waals surface area contributed by atoms with Gasteiger partial charge in [0.25, 0.3) is 0 Å². The highest BCUT2D eigenvalue weighted by Gasteiger charge is 2.72. The normalized spacial score (nSPS) is 31.6. The van der Waals surface area contributed by atoms with Gasteiger partial charge in [-0.05, 0) is 37.5 Å². The van der Waals surface area contributed by atoms with Gasteiger partial charge in [-0.2, -0.15) is 0 Å². The molecule has 35 heavy (non-hydrogen) atoms. The number of amides is 3. The Kier molecular flexibility index (Phi) is 6.85. The van der Waals surface area contributed by atoms with Crippen LogP contribution in [0.2, 0.25) is 10.0 Å². The molecule has 2 saturated heterocycles. The molecule has 188 valence electrons. The molecule has 1 aromatic rings. The first-order chi connectivity index (χ1) is 16.9. The molecular weight excluding hydrogens is 489 g/mol. The molecule has 3 aliphatic heterocycles. The zero-order chi connectivity index (χ0) is 24.7. The molecule has 0 radical (unpaired) electrons. The molecule has 0 aromatic heterocycles. The average molecular weight is 520 g/mol. The molecule has 2 bridgehead atoms. The van der Waals surface area contributed by atoms with E-state index in [2.05, 4.69) is 10.6 Å². The molecule has 2 N–H and O–H groups in total. The highest BCUT2D eigenvalue weighted by Crippen LogP contribution is 2.55. The van der Waals surface area contributed by atoms with Gasteiger partial charge in [-0.1, -0.05) is 68.0 Å². The largest absolute Gasteiger partial charge is 0.359 e. The van der Waals surface area contributed by atoms with Gasteiger partial charge in [-0.15, -0.1) is 0 Å². The first kappa shape index (κ1) is 24.6. The van der Waals surface area contributed by atoms with Crippen molar-refractivity contribution in [2.45, 2.75) is 75.7 Å². The van der Waals surface area contributed by atoms with Crippen molar-refractivity contribution in [2.24, 2.45) is 11.8 Å². The smallest absolute Gasteiger partial charge is 0.246 e. The summed E-state index contributed by atoms with van der Waals surface area (Å²) >= 11 is 12.1. The number of rotatable bonds is 7.